The summed E-state index contributed by atoms with van der Waals surface area (Å²) in [5, 5.41) is 8.87. The fourth-order valence-corrected chi connectivity index (χ4v) is 2.48. The Balaban J connectivity index is 2.25. The van der Waals surface area contributed by atoms with Crippen LogP contribution in [-0.4, -0.2) is 11.1 Å². The summed E-state index contributed by atoms with van der Waals surface area (Å²) in [6.45, 7) is 2.05. The summed E-state index contributed by atoms with van der Waals surface area (Å²) in [5.74, 6) is 0.496. The van der Waals surface area contributed by atoms with Crippen LogP contribution in [0.1, 0.15) is 13.3 Å². The fourth-order valence-electron chi connectivity index (χ4n) is 2.48. The van der Waals surface area contributed by atoms with Crippen molar-refractivity contribution in [2.45, 2.75) is 13.3 Å². The normalized spacial score (nSPS) is 46.6. The van der Waals surface area contributed by atoms with E-state index in [-0.39, 0.29) is 5.92 Å². The molecule has 0 saturated heterocycles. The van der Waals surface area contributed by atoms with Crippen molar-refractivity contribution in [2.24, 2.45) is 23.7 Å². The molecule has 0 amide bonds. The van der Waals surface area contributed by atoms with Crippen molar-refractivity contribution in [3.05, 3.63) is 12.2 Å². The topological polar surface area (TPSA) is 37.3 Å². The van der Waals surface area contributed by atoms with E-state index in [4.69, 9.17) is 5.11 Å². The molecule has 1 saturated carbocycles. The van der Waals surface area contributed by atoms with Gasteiger partial charge in [-0.15, -0.1) is 0 Å². The largest absolute Gasteiger partial charge is 0.481 e. The number of carboxylic acid groups (broad SMARTS) is 1. The Kier molecular flexibility index (Phi) is 1.31. The number of aliphatic carboxylic acids is 1. The van der Waals surface area contributed by atoms with Gasteiger partial charge in [0.15, 0.2) is 0 Å². The number of hydrogen-bond acceptors (Lipinski definition) is 1. The van der Waals surface area contributed by atoms with Gasteiger partial charge in [-0.25, -0.2) is 0 Å². The molecule has 2 rings (SSSR count). The molecule has 2 aliphatic rings. The number of fused-ring (bicyclic) bond motifs is 2. The number of allylic oxidation sites excluding steroid dienone is 2. The van der Waals surface area contributed by atoms with E-state index < -0.39 is 5.97 Å². The summed E-state index contributed by atoms with van der Waals surface area (Å²) in [6.07, 6.45) is 5.32. The summed E-state index contributed by atoms with van der Waals surface area (Å²) in [5.41, 5.74) is 0. The average Bonchev–Trinajstić information content (AvgIpc) is 2.44. The monoisotopic (exact) mass is 152 g/mol. The minimum absolute atomic E-state index is 0.106. The molecule has 0 aromatic heterocycles. The van der Waals surface area contributed by atoms with Gasteiger partial charge in [-0.3, -0.25) is 4.79 Å². The maximum Gasteiger partial charge on any atom is 0.307 e. The van der Waals surface area contributed by atoms with Crippen LogP contribution in [0, 0.1) is 23.7 Å². The standard InChI is InChI=1S/C9H12O2/c1-5-6-2-3-7(4-6)8(5)9(10)11/h2-3,5-8H,4H2,1H3,(H,10,11)/t5-,6-,7+,8+/m0/s1. The van der Waals surface area contributed by atoms with Crippen molar-refractivity contribution in [1.29, 1.82) is 0 Å². The van der Waals surface area contributed by atoms with Crippen LogP contribution in [0.3, 0.4) is 0 Å². The van der Waals surface area contributed by atoms with Crippen molar-refractivity contribution in [3.63, 3.8) is 0 Å². The van der Waals surface area contributed by atoms with Gasteiger partial charge in [-0.2, -0.15) is 0 Å². The molecule has 0 heterocycles. The second-order valence-electron chi connectivity index (χ2n) is 3.67. The van der Waals surface area contributed by atoms with Gasteiger partial charge in [0, 0.05) is 0 Å². The Hall–Kier alpha value is -0.790. The molecule has 0 radical (unpaired) electrons. The number of carboxylic acids is 1. The SMILES string of the molecule is C[C@@H]1[C@@H](C(=O)O)[C@@H]2C=C[C@H]1C2. The summed E-state index contributed by atoms with van der Waals surface area (Å²) >= 11 is 0. The van der Waals surface area contributed by atoms with Gasteiger partial charge in [0.25, 0.3) is 0 Å². The van der Waals surface area contributed by atoms with Gasteiger partial charge >= 0.3 is 5.97 Å². The summed E-state index contributed by atoms with van der Waals surface area (Å²) in [6, 6.07) is 0. The van der Waals surface area contributed by atoms with Crippen molar-refractivity contribution < 1.29 is 9.90 Å². The number of hydrogen-bond donors (Lipinski definition) is 1. The van der Waals surface area contributed by atoms with Crippen LogP contribution < -0.4 is 0 Å². The Morgan fingerprint density at radius 2 is 2.09 bits per heavy atom. The molecule has 2 nitrogen and oxygen atoms in total. The van der Waals surface area contributed by atoms with E-state index in [1.165, 1.54) is 0 Å². The molecular weight excluding hydrogens is 140 g/mol. The van der Waals surface area contributed by atoms with E-state index in [2.05, 4.69) is 12.2 Å². The van der Waals surface area contributed by atoms with Crippen molar-refractivity contribution in [3.8, 4) is 0 Å². The highest BCUT2D eigenvalue weighted by atomic mass is 16.4. The molecule has 11 heavy (non-hydrogen) atoms. The molecule has 4 atom stereocenters. The van der Waals surface area contributed by atoms with E-state index in [1.54, 1.807) is 0 Å². The second kappa shape index (κ2) is 2.10. The van der Waals surface area contributed by atoms with E-state index >= 15 is 0 Å². The van der Waals surface area contributed by atoms with Crippen LogP contribution in [0.15, 0.2) is 12.2 Å². The zero-order valence-electron chi connectivity index (χ0n) is 6.53. The van der Waals surface area contributed by atoms with Gasteiger partial charge in [0.05, 0.1) is 5.92 Å². The lowest BCUT2D eigenvalue weighted by Crippen LogP contribution is -2.25. The maximum absolute atomic E-state index is 10.8. The lowest BCUT2D eigenvalue weighted by Gasteiger charge is -2.19. The molecule has 1 N–H and O–H groups in total. The molecule has 60 valence electrons. The average molecular weight is 152 g/mol. The van der Waals surface area contributed by atoms with E-state index in [9.17, 15) is 4.79 Å². The van der Waals surface area contributed by atoms with Gasteiger partial charge in [0.1, 0.15) is 0 Å². The lowest BCUT2D eigenvalue weighted by molar-refractivity contribution is -0.144. The molecule has 0 aromatic rings. The molecule has 0 aromatic carbocycles. The summed E-state index contributed by atoms with van der Waals surface area (Å²) in [4.78, 5) is 10.8. The molecule has 2 bridgehead atoms. The predicted molar refractivity (Wildman–Crippen MR) is 41.0 cm³/mol. The smallest absolute Gasteiger partial charge is 0.307 e. The predicted octanol–water partition coefficient (Wildman–Crippen LogP) is 1.53. The zero-order chi connectivity index (χ0) is 8.01. The van der Waals surface area contributed by atoms with Crippen molar-refractivity contribution >= 4 is 5.97 Å². The van der Waals surface area contributed by atoms with Crippen molar-refractivity contribution in [1.82, 2.24) is 0 Å². The Labute approximate surface area is 65.9 Å². The third-order valence-electron chi connectivity index (χ3n) is 3.14. The van der Waals surface area contributed by atoms with Crippen molar-refractivity contribution in [2.75, 3.05) is 0 Å². The molecular formula is C9H12O2. The third-order valence-corrected chi connectivity index (χ3v) is 3.14. The first-order valence-electron chi connectivity index (χ1n) is 4.11. The van der Waals surface area contributed by atoms with Gasteiger partial charge in [-0.1, -0.05) is 19.1 Å². The van der Waals surface area contributed by atoms with Crippen LogP contribution in [0.4, 0.5) is 0 Å². The highest BCUT2D eigenvalue weighted by Gasteiger charge is 2.45. The van der Waals surface area contributed by atoms with Crippen LogP contribution in [0.2, 0.25) is 0 Å². The minimum atomic E-state index is -0.616. The van der Waals surface area contributed by atoms with Gasteiger partial charge in [-0.05, 0) is 24.2 Å². The zero-order valence-corrected chi connectivity index (χ0v) is 6.53. The summed E-state index contributed by atoms with van der Waals surface area (Å²) in [7, 11) is 0. The van der Waals surface area contributed by atoms with Crippen LogP contribution in [-0.2, 0) is 4.79 Å². The Morgan fingerprint density at radius 1 is 1.45 bits per heavy atom. The molecule has 0 aliphatic heterocycles. The van der Waals surface area contributed by atoms with Crippen LogP contribution >= 0.6 is 0 Å². The maximum atomic E-state index is 10.8. The van der Waals surface area contributed by atoms with E-state index in [0.29, 0.717) is 17.8 Å². The van der Waals surface area contributed by atoms with Crippen LogP contribution in [0.5, 0.6) is 0 Å². The molecule has 1 fully saturated rings. The summed E-state index contributed by atoms with van der Waals surface area (Å²) < 4.78 is 0. The van der Waals surface area contributed by atoms with Crippen LogP contribution in [0.25, 0.3) is 0 Å². The highest BCUT2D eigenvalue weighted by molar-refractivity contribution is 5.72. The molecule has 0 spiro atoms. The minimum Gasteiger partial charge on any atom is -0.481 e. The third kappa shape index (κ3) is 0.817. The van der Waals surface area contributed by atoms with Gasteiger partial charge < -0.3 is 5.11 Å². The Morgan fingerprint density at radius 3 is 2.45 bits per heavy atom. The molecule has 0 unspecified atom stereocenters. The number of carbonyl (C=O) groups is 1. The quantitative estimate of drug-likeness (QED) is 0.578. The number of rotatable bonds is 1. The fraction of sp³-hybridized carbons (Fsp3) is 0.667. The first kappa shape index (κ1) is 6.89. The molecule has 2 aliphatic carbocycles. The van der Waals surface area contributed by atoms with E-state index in [0.717, 1.165) is 6.42 Å². The first-order chi connectivity index (χ1) is 5.20. The second-order valence-corrected chi connectivity index (χ2v) is 3.67. The Bertz CT molecular complexity index is 220. The first-order valence-corrected chi connectivity index (χ1v) is 4.11. The highest BCUT2D eigenvalue weighted by Crippen LogP contribution is 2.47. The molecule has 2 heteroatoms. The lowest BCUT2D eigenvalue weighted by atomic mass is 9.85. The van der Waals surface area contributed by atoms with Gasteiger partial charge in [0.2, 0.25) is 0 Å². The van der Waals surface area contributed by atoms with E-state index in [1.807, 2.05) is 6.92 Å².